The van der Waals surface area contributed by atoms with Crippen LogP contribution in [0.5, 0.6) is 0 Å². The van der Waals surface area contributed by atoms with Crippen molar-refractivity contribution in [2.75, 3.05) is 32.7 Å². The summed E-state index contributed by atoms with van der Waals surface area (Å²) in [6.07, 6.45) is 8.04. The van der Waals surface area contributed by atoms with Crippen LogP contribution in [0.1, 0.15) is 31.4 Å². The lowest BCUT2D eigenvalue weighted by Gasteiger charge is -2.14. The third-order valence-electron chi connectivity index (χ3n) is 3.38. The first-order valence-electron chi connectivity index (χ1n) is 6.90. The van der Waals surface area contributed by atoms with Gasteiger partial charge >= 0.3 is 0 Å². The molecule has 0 amide bonds. The van der Waals surface area contributed by atoms with Crippen LogP contribution >= 0.6 is 0 Å². The zero-order chi connectivity index (χ0) is 11.8. The minimum atomic E-state index is 1.05. The van der Waals surface area contributed by atoms with E-state index in [9.17, 15) is 0 Å². The van der Waals surface area contributed by atoms with Crippen molar-refractivity contribution in [3.05, 3.63) is 24.2 Å². The van der Waals surface area contributed by atoms with E-state index in [0.717, 1.165) is 31.7 Å². The molecule has 3 heteroatoms. The molecule has 0 bridgehead atoms. The molecule has 2 rings (SSSR count). The second-order valence-electron chi connectivity index (χ2n) is 4.84. The highest BCUT2D eigenvalue weighted by atomic mass is 16.3. The Hall–Kier alpha value is -0.800. The number of hydrogen-bond acceptors (Lipinski definition) is 3. The van der Waals surface area contributed by atoms with Crippen molar-refractivity contribution < 1.29 is 4.42 Å². The Bertz CT molecular complexity index is 278. The second kappa shape index (κ2) is 7.51. The standard InChI is InChI=1S/C14H24N2O/c1-2-11-16(10-1)12-5-9-15-8-3-6-14-7-4-13-17-14/h4,7,13,15H,1-3,5-6,8-12H2. The van der Waals surface area contributed by atoms with Gasteiger partial charge in [0.2, 0.25) is 0 Å². The van der Waals surface area contributed by atoms with Gasteiger partial charge in [-0.1, -0.05) is 0 Å². The summed E-state index contributed by atoms with van der Waals surface area (Å²) in [5.41, 5.74) is 0. The Morgan fingerprint density at radius 2 is 2.00 bits per heavy atom. The van der Waals surface area contributed by atoms with Gasteiger partial charge in [-0.15, -0.1) is 0 Å². The molecule has 1 aromatic heterocycles. The van der Waals surface area contributed by atoms with Crippen molar-refractivity contribution in [3.63, 3.8) is 0 Å². The van der Waals surface area contributed by atoms with Crippen molar-refractivity contribution in [1.29, 1.82) is 0 Å². The number of furan rings is 1. The van der Waals surface area contributed by atoms with Crippen LogP contribution in [0.2, 0.25) is 0 Å². The largest absolute Gasteiger partial charge is 0.469 e. The van der Waals surface area contributed by atoms with Gasteiger partial charge in [0.1, 0.15) is 5.76 Å². The highest BCUT2D eigenvalue weighted by Crippen LogP contribution is 2.07. The maximum atomic E-state index is 5.29. The molecule has 0 saturated carbocycles. The molecule has 0 spiro atoms. The van der Waals surface area contributed by atoms with Crippen molar-refractivity contribution in [2.24, 2.45) is 0 Å². The summed E-state index contributed by atoms with van der Waals surface area (Å²) < 4.78 is 5.29. The van der Waals surface area contributed by atoms with Crippen LogP contribution < -0.4 is 5.32 Å². The van der Waals surface area contributed by atoms with E-state index in [1.54, 1.807) is 6.26 Å². The normalized spacial score (nSPS) is 16.7. The molecule has 96 valence electrons. The van der Waals surface area contributed by atoms with Crippen molar-refractivity contribution in [1.82, 2.24) is 10.2 Å². The maximum Gasteiger partial charge on any atom is 0.103 e. The molecule has 0 aliphatic carbocycles. The zero-order valence-electron chi connectivity index (χ0n) is 10.7. The van der Waals surface area contributed by atoms with Gasteiger partial charge in [-0.05, 0) is 70.5 Å². The molecule has 1 aromatic rings. The van der Waals surface area contributed by atoms with Gasteiger partial charge in [-0.3, -0.25) is 0 Å². The lowest BCUT2D eigenvalue weighted by atomic mass is 10.2. The van der Waals surface area contributed by atoms with Gasteiger partial charge in [0.05, 0.1) is 6.26 Å². The molecule has 1 aliphatic heterocycles. The van der Waals surface area contributed by atoms with Crippen LogP contribution in [0.3, 0.4) is 0 Å². The van der Waals surface area contributed by atoms with Gasteiger partial charge in [-0.25, -0.2) is 0 Å². The highest BCUT2D eigenvalue weighted by Gasteiger charge is 2.09. The first kappa shape index (κ1) is 12.7. The fourth-order valence-corrected chi connectivity index (χ4v) is 2.40. The van der Waals surface area contributed by atoms with Gasteiger partial charge in [-0.2, -0.15) is 0 Å². The van der Waals surface area contributed by atoms with E-state index in [1.165, 1.54) is 38.9 Å². The highest BCUT2D eigenvalue weighted by molar-refractivity contribution is 4.97. The Kier molecular flexibility index (Phi) is 5.59. The molecule has 3 nitrogen and oxygen atoms in total. The molecule has 0 radical (unpaired) electrons. The van der Waals surface area contributed by atoms with E-state index in [0.29, 0.717) is 0 Å². The fourth-order valence-electron chi connectivity index (χ4n) is 2.40. The lowest BCUT2D eigenvalue weighted by molar-refractivity contribution is 0.331. The monoisotopic (exact) mass is 236 g/mol. The summed E-state index contributed by atoms with van der Waals surface area (Å²) in [6, 6.07) is 4.01. The molecule has 17 heavy (non-hydrogen) atoms. The number of nitrogens with zero attached hydrogens (tertiary/aromatic N) is 1. The van der Waals surface area contributed by atoms with Crippen LogP contribution in [-0.2, 0) is 6.42 Å². The lowest BCUT2D eigenvalue weighted by Crippen LogP contribution is -2.25. The number of rotatable bonds is 8. The van der Waals surface area contributed by atoms with Crippen LogP contribution in [0.4, 0.5) is 0 Å². The summed E-state index contributed by atoms with van der Waals surface area (Å²) in [6.45, 7) is 6.15. The van der Waals surface area contributed by atoms with Gasteiger partial charge in [0.25, 0.3) is 0 Å². The fraction of sp³-hybridized carbons (Fsp3) is 0.714. The summed E-state index contributed by atoms with van der Waals surface area (Å²) in [5, 5.41) is 3.50. The average molecular weight is 236 g/mol. The number of nitrogens with one attached hydrogen (secondary N) is 1. The molecule has 0 aromatic carbocycles. The van der Waals surface area contributed by atoms with Gasteiger partial charge < -0.3 is 14.6 Å². The van der Waals surface area contributed by atoms with Crippen LogP contribution in [-0.4, -0.2) is 37.6 Å². The molecule has 0 atom stereocenters. The van der Waals surface area contributed by atoms with E-state index in [2.05, 4.69) is 10.2 Å². The number of aryl methyl sites for hydroxylation is 1. The van der Waals surface area contributed by atoms with E-state index < -0.39 is 0 Å². The third-order valence-corrected chi connectivity index (χ3v) is 3.38. The molecule has 1 fully saturated rings. The smallest absolute Gasteiger partial charge is 0.103 e. The van der Waals surface area contributed by atoms with E-state index in [1.807, 2.05) is 12.1 Å². The van der Waals surface area contributed by atoms with Crippen molar-refractivity contribution in [3.8, 4) is 0 Å². The zero-order valence-corrected chi connectivity index (χ0v) is 10.7. The Morgan fingerprint density at radius 3 is 2.76 bits per heavy atom. The molecule has 1 saturated heterocycles. The first-order valence-corrected chi connectivity index (χ1v) is 6.90. The maximum absolute atomic E-state index is 5.29. The second-order valence-corrected chi connectivity index (χ2v) is 4.84. The quantitative estimate of drug-likeness (QED) is 0.702. The Balaban J connectivity index is 1.39. The minimum absolute atomic E-state index is 1.05. The summed E-state index contributed by atoms with van der Waals surface area (Å²) >= 11 is 0. The Morgan fingerprint density at radius 1 is 1.18 bits per heavy atom. The number of hydrogen-bond donors (Lipinski definition) is 1. The van der Waals surface area contributed by atoms with Crippen LogP contribution in [0.25, 0.3) is 0 Å². The topological polar surface area (TPSA) is 28.4 Å². The molecular formula is C14H24N2O. The SMILES string of the molecule is c1coc(CCCNCCCN2CCCC2)c1. The first-order chi connectivity index (χ1) is 8.45. The summed E-state index contributed by atoms with van der Waals surface area (Å²) in [5.74, 6) is 1.10. The Labute approximate surface area is 104 Å². The van der Waals surface area contributed by atoms with Crippen molar-refractivity contribution >= 4 is 0 Å². The van der Waals surface area contributed by atoms with Crippen molar-refractivity contribution in [2.45, 2.75) is 32.1 Å². The third kappa shape index (κ3) is 4.92. The summed E-state index contributed by atoms with van der Waals surface area (Å²) in [4.78, 5) is 2.57. The van der Waals surface area contributed by atoms with E-state index in [4.69, 9.17) is 4.42 Å². The predicted octanol–water partition coefficient (Wildman–Crippen LogP) is 2.29. The molecule has 1 N–H and O–H groups in total. The molecule has 2 heterocycles. The average Bonchev–Trinajstić information content (AvgIpc) is 3.00. The van der Waals surface area contributed by atoms with Gasteiger partial charge in [0, 0.05) is 6.42 Å². The predicted molar refractivity (Wildman–Crippen MR) is 70.2 cm³/mol. The summed E-state index contributed by atoms with van der Waals surface area (Å²) in [7, 11) is 0. The number of likely N-dealkylation sites (tertiary alicyclic amines) is 1. The van der Waals surface area contributed by atoms with E-state index >= 15 is 0 Å². The van der Waals surface area contributed by atoms with E-state index in [-0.39, 0.29) is 0 Å². The molecule has 1 aliphatic rings. The molecular weight excluding hydrogens is 212 g/mol. The molecule has 0 unspecified atom stereocenters. The minimum Gasteiger partial charge on any atom is -0.469 e. The van der Waals surface area contributed by atoms with Crippen LogP contribution in [0.15, 0.2) is 22.8 Å². The van der Waals surface area contributed by atoms with Gasteiger partial charge in [0.15, 0.2) is 0 Å². The van der Waals surface area contributed by atoms with Crippen LogP contribution in [0, 0.1) is 0 Å².